The highest BCUT2D eigenvalue weighted by atomic mass is 32.3. The first-order chi connectivity index (χ1) is 23.5. The van der Waals surface area contributed by atoms with E-state index in [0.29, 0.717) is 22.5 Å². The fraction of sp³-hybridized carbons (Fsp3) is 0.273. The molecule has 0 aliphatic rings. The predicted molar refractivity (Wildman–Crippen MR) is 169 cm³/mol. The van der Waals surface area contributed by atoms with Crippen molar-refractivity contribution in [2.45, 2.75) is 27.1 Å². The molecule has 0 aliphatic heterocycles. The maximum absolute atomic E-state index is 13.3. The third kappa shape index (κ3) is 7.83. The first-order valence-electron chi connectivity index (χ1n) is 14.5. The van der Waals surface area contributed by atoms with Crippen LogP contribution in [0.25, 0.3) is 21.9 Å². The van der Waals surface area contributed by atoms with Gasteiger partial charge in [-0.1, -0.05) is 12.1 Å². The highest BCUT2D eigenvalue weighted by molar-refractivity contribution is 7.81. The van der Waals surface area contributed by atoms with E-state index in [4.69, 9.17) is 42.0 Å². The van der Waals surface area contributed by atoms with Crippen molar-refractivity contribution in [3.63, 3.8) is 0 Å². The molecule has 0 aliphatic carbocycles. The fourth-order valence-electron chi connectivity index (χ4n) is 4.94. The Balaban J connectivity index is 1.44. The van der Waals surface area contributed by atoms with Gasteiger partial charge in [0.05, 0.1) is 20.8 Å². The van der Waals surface area contributed by atoms with E-state index in [0.717, 1.165) is 11.6 Å². The molecule has 5 rings (SSSR count). The van der Waals surface area contributed by atoms with Crippen LogP contribution in [0.1, 0.15) is 44.7 Å². The first-order valence-corrected chi connectivity index (χ1v) is 15.9. The Kier molecular flexibility index (Phi) is 10.5. The normalized spacial score (nSPS) is 11.4. The van der Waals surface area contributed by atoms with Crippen molar-refractivity contribution in [3.05, 3.63) is 76.7 Å². The van der Waals surface area contributed by atoms with E-state index in [2.05, 4.69) is 4.18 Å². The molecule has 3 aromatic carbocycles. The average molecular weight is 700 g/mol. The Hall–Kier alpha value is -5.45. The minimum absolute atomic E-state index is 0.0115. The van der Waals surface area contributed by atoms with Gasteiger partial charge in [0.2, 0.25) is 0 Å². The molecule has 0 amide bonds. The van der Waals surface area contributed by atoms with E-state index in [1.165, 1.54) is 39.5 Å². The number of ether oxygens (including phenoxy) is 7. The summed E-state index contributed by atoms with van der Waals surface area (Å²) in [4.78, 5) is 26.3. The lowest BCUT2D eigenvalue weighted by molar-refractivity contribution is 0.0470. The van der Waals surface area contributed by atoms with Gasteiger partial charge in [-0.15, -0.1) is 0 Å². The molecule has 5 aromatic rings. The van der Waals surface area contributed by atoms with Crippen molar-refractivity contribution in [2.75, 3.05) is 34.7 Å². The first kappa shape index (κ1) is 34.9. The summed E-state index contributed by atoms with van der Waals surface area (Å²) in [6, 6.07) is 12.4. The lowest BCUT2D eigenvalue weighted by Gasteiger charge is -2.12. The molecule has 0 spiro atoms. The Morgan fingerprint density at radius 2 is 1.37 bits per heavy atom. The maximum atomic E-state index is 13.3. The zero-order chi connectivity index (χ0) is 35.3. The molecule has 2 heterocycles. The number of esters is 2. The third-order valence-corrected chi connectivity index (χ3v) is 7.45. The third-order valence-electron chi connectivity index (χ3n) is 7.07. The highest BCUT2D eigenvalue weighted by Crippen LogP contribution is 2.40. The zero-order valence-corrected chi connectivity index (χ0v) is 27.8. The minimum atomic E-state index is -5.18. The Labute approximate surface area is 280 Å². The molecular formula is C33H31O15S-. The van der Waals surface area contributed by atoms with Crippen molar-refractivity contribution >= 4 is 44.3 Å². The average Bonchev–Trinajstić information content (AvgIpc) is 3.59. The second-order valence-corrected chi connectivity index (χ2v) is 11.2. The zero-order valence-electron chi connectivity index (χ0n) is 27.0. The smallest absolute Gasteiger partial charge is 0.342 e. The summed E-state index contributed by atoms with van der Waals surface area (Å²) in [6.07, 6.45) is 0. The molecule has 0 fully saturated rings. The molecule has 0 saturated heterocycles. The van der Waals surface area contributed by atoms with Crippen LogP contribution in [0.2, 0.25) is 0 Å². The van der Waals surface area contributed by atoms with Crippen molar-refractivity contribution in [2.24, 2.45) is 0 Å². The molecule has 15 nitrogen and oxygen atoms in total. The predicted octanol–water partition coefficient (Wildman–Crippen LogP) is 5.44. The van der Waals surface area contributed by atoms with E-state index in [1.807, 2.05) is 0 Å². The number of benzene rings is 3. The largest absolute Gasteiger partial charge is 0.716 e. The molecular weight excluding hydrogens is 668 g/mol. The summed E-state index contributed by atoms with van der Waals surface area (Å²) in [7, 11) is -1.02. The maximum Gasteiger partial charge on any atom is 0.342 e. The second kappa shape index (κ2) is 14.8. The lowest BCUT2D eigenvalue weighted by Crippen LogP contribution is -2.09. The summed E-state index contributed by atoms with van der Waals surface area (Å²) in [6.45, 7) is 2.96. The van der Waals surface area contributed by atoms with Gasteiger partial charge in [-0.05, 0) is 43.7 Å². The van der Waals surface area contributed by atoms with Crippen LogP contribution in [0.4, 0.5) is 0 Å². The number of methoxy groups -OCH3 is 3. The standard InChI is InChI=1S/C33H32O15S/c1-6-42-33(35)31-22-12-28(48-49(36,37)38)26(41-5)14-24(22)47-29(31)16-43-27-11-21-23(13-25(27)40-4)46-18(2)30(21)32(34)44-15-19-7-9-20(10-8-19)45-17-39-3/h7-14H,6,15-17H2,1-5H3,(H,36,37,38)/p-1. The number of fused-ring (bicyclic) bond motifs is 2. The van der Waals surface area contributed by atoms with Crippen LogP contribution < -0.4 is 23.1 Å². The van der Waals surface area contributed by atoms with E-state index >= 15 is 0 Å². The van der Waals surface area contributed by atoms with E-state index in [-0.39, 0.29) is 71.7 Å². The monoisotopic (exact) mass is 699 g/mol. The molecule has 0 unspecified atom stereocenters. The van der Waals surface area contributed by atoms with Crippen molar-refractivity contribution in [1.82, 2.24) is 0 Å². The summed E-state index contributed by atoms with van der Waals surface area (Å²) >= 11 is 0. The van der Waals surface area contributed by atoms with Crippen molar-refractivity contribution < 1.29 is 68.7 Å². The van der Waals surface area contributed by atoms with E-state index in [9.17, 15) is 22.6 Å². The van der Waals surface area contributed by atoms with Crippen LogP contribution >= 0.6 is 0 Å². The van der Waals surface area contributed by atoms with Crippen molar-refractivity contribution in [1.29, 1.82) is 0 Å². The molecule has 0 N–H and O–H groups in total. The summed E-state index contributed by atoms with van der Waals surface area (Å²) in [5.74, 6) is -0.762. The van der Waals surface area contributed by atoms with Crippen molar-refractivity contribution in [3.8, 4) is 28.7 Å². The molecule has 0 radical (unpaired) electrons. The SMILES string of the molecule is CCOC(=O)c1c(COc2cc3c(C(=O)OCc4ccc(OCOC)cc4)c(C)oc3cc2OC)oc2cc(OC)c(OS(=O)(=O)[O-])cc12. The van der Waals surface area contributed by atoms with Crippen LogP contribution in [-0.4, -0.2) is 59.6 Å². The Morgan fingerprint density at radius 1 is 0.755 bits per heavy atom. The summed E-state index contributed by atoms with van der Waals surface area (Å²) < 4.78 is 88.0. The number of carbonyl (C=O) groups is 2. The fourth-order valence-corrected chi connectivity index (χ4v) is 5.29. The van der Waals surface area contributed by atoms with Gasteiger partial charge in [-0.3, -0.25) is 0 Å². The Morgan fingerprint density at radius 3 is 2.00 bits per heavy atom. The second-order valence-electron chi connectivity index (χ2n) is 10.2. The van der Waals surface area contributed by atoms with Crippen LogP contribution in [0.3, 0.4) is 0 Å². The van der Waals surface area contributed by atoms with Gasteiger partial charge >= 0.3 is 11.9 Å². The van der Waals surface area contributed by atoms with E-state index in [1.54, 1.807) is 38.1 Å². The van der Waals surface area contributed by atoms with Gasteiger partial charge in [-0.2, -0.15) is 0 Å². The minimum Gasteiger partial charge on any atom is -0.716 e. The molecule has 16 heteroatoms. The number of rotatable bonds is 15. The molecule has 0 atom stereocenters. The number of hydrogen-bond donors (Lipinski definition) is 0. The summed E-state index contributed by atoms with van der Waals surface area (Å²) in [5.41, 5.74) is 1.21. The van der Waals surface area contributed by atoms with Gasteiger partial charge in [0.25, 0.3) is 10.4 Å². The quantitative estimate of drug-likeness (QED) is 0.0580. The van der Waals surface area contributed by atoms with Crippen LogP contribution in [0, 0.1) is 6.92 Å². The van der Waals surface area contributed by atoms with Crippen LogP contribution in [0.15, 0.2) is 57.4 Å². The number of hydrogen-bond acceptors (Lipinski definition) is 15. The van der Waals surface area contributed by atoms with Gasteiger partial charge < -0.3 is 50.7 Å². The molecule has 0 bridgehead atoms. The van der Waals surface area contributed by atoms with Crippen LogP contribution in [0.5, 0.6) is 28.7 Å². The number of furan rings is 2. The topological polar surface area (TPSA) is 191 Å². The number of aryl methyl sites for hydroxylation is 1. The van der Waals surface area contributed by atoms with Gasteiger partial charge in [-0.25, -0.2) is 18.0 Å². The lowest BCUT2D eigenvalue weighted by atomic mass is 10.1. The highest BCUT2D eigenvalue weighted by Gasteiger charge is 2.27. The van der Waals surface area contributed by atoms with Gasteiger partial charge in [0.15, 0.2) is 35.6 Å². The Bertz CT molecular complexity index is 2090. The number of carbonyl (C=O) groups excluding carboxylic acids is 2. The summed E-state index contributed by atoms with van der Waals surface area (Å²) in [5, 5.41) is 0.453. The van der Waals surface area contributed by atoms with Gasteiger partial charge in [0.1, 0.15) is 47.0 Å². The van der Waals surface area contributed by atoms with E-state index < -0.39 is 28.1 Å². The molecule has 260 valence electrons. The van der Waals surface area contributed by atoms with Crippen LogP contribution in [-0.2, 0) is 37.8 Å². The molecule has 49 heavy (non-hydrogen) atoms. The van der Waals surface area contributed by atoms with Gasteiger partial charge in [0, 0.05) is 30.0 Å². The molecule has 2 aromatic heterocycles. The molecule has 0 saturated carbocycles.